The lowest BCUT2D eigenvalue weighted by molar-refractivity contribution is -0.141. The van der Waals surface area contributed by atoms with Crippen molar-refractivity contribution in [3.63, 3.8) is 0 Å². The topological polar surface area (TPSA) is 59.5 Å². The average molecular weight is 276 g/mol. The van der Waals surface area contributed by atoms with Crippen molar-refractivity contribution in [2.45, 2.75) is 0 Å². The fourth-order valence-corrected chi connectivity index (χ4v) is 1.76. The second-order valence-electron chi connectivity index (χ2n) is 4.30. The van der Waals surface area contributed by atoms with Crippen molar-refractivity contribution in [2.24, 2.45) is 0 Å². The minimum atomic E-state index is -0.503. The molecule has 1 aromatic carbocycles. The zero-order valence-corrected chi connectivity index (χ0v) is 11.1. The fourth-order valence-electron chi connectivity index (χ4n) is 1.76. The van der Waals surface area contributed by atoms with Gasteiger partial charge >= 0.3 is 5.97 Å². The maximum Gasteiger partial charge on any atom is 0.325 e. The number of nitrogens with zero attached hydrogens (tertiary/aromatic N) is 2. The van der Waals surface area contributed by atoms with Crippen molar-refractivity contribution < 1.29 is 18.7 Å². The third kappa shape index (κ3) is 2.90. The van der Waals surface area contributed by atoms with Gasteiger partial charge in [-0.3, -0.25) is 14.6 Å². The van der Waals surface area contributed by atoms with Crippen LogP contribution >= 0.6 is 0 Å². The lowest BCUT2D eigenvalue weighted by Crippen LogP contribution is -2.32. The fraction of sp³-hybridized carbons (Fsp3) is 0.214. The third-order valence-corrected chi connectivity index (χ3v) is 2.83. The van der Waals surface area contributed by atoms with E-state index in [2.05, 4.69) is 9.72 Å². The van der Waals surface area contributed by atoms with Crippen molar-refractivity contribution >= 4 is 22.8 Å². The van der Waals surface area contributed by atoms with Crippen molar-refractivity contribution in [1.82, 2.24) is 9.88 Å². The van der Waals surface area contributed by atoms with E-state index < -0.39 is 5.97 Å². The second-order valence-corrected chi connectivity index (χ2v) is 4.30. The maximum atomic E-state index is 13.0. The summed E-state index contributed by atoms with van der Waals surface area (Å²) < 4.78 is 17.5. The van der Waals surface area contributed by atoms with Gasteiger partial charge in [0, 0.05) is 24.7 Å². The van der Waals surface area contributed by atoms with Gasteiger partial charge in [0.05, 0.1) is 18.2 Å². The quantitative estimate of drug-likeness (QED) is 0.799. The predicted molar refractivity (Wildman–Crippen MR) is 70.7 cm³/mol. The standard InChI is InChI=1S/C14H13FN2O3/c1-17(8-13(18)20-2)14(19)10-5-9-3-4-11(15)6-12(9)16-7-10/h3-7H,8H2,1-2H3. The molecule has 0 atom stereocenters. The van der Waals surface area contributed by atoms with Gasteiger partial charge in [-0.25, -0.2) is 4.39 Å². The Bertz CT molecular complexity index is 673. The number of carbonyl (C=O) groups is 2. The van der Waals surface area contributed by atoms with Gasteiger partial charge in [-0.15, -0.1) is 0 Å². The number of methoxy groups -OCH3 is 1. The number of ether oxygens (including phenoxy) is 1. The van der Waals surface area contributed by atoms with Crippen LogP contribution in [0.25, 0.3) is 10.9 Å². The molecule has 0 aliphatic carbocycles. The van der Waals surface area contributed by atoms with E-state index in [9.17, 15) is 14.0 Å². The Balaban J connectivity index is 2.26. The number of amides is 1. The molecule has 0 N–H and O–H groups in total. The summed E-state index contributed by atoms with van der Waals surface area (Å²) in [7, 11) is 2.75. The zero-order chi connectivity index (χ0) is 14.7. The molecule has 1 aromatic heterocycles. The normalized spacial score (nSPS) is 10.3. The number of esters is 1. The first kappa shape index (κ1) is 13.9. The molecule has 0 aliphatic heterocycles. The molecule has 20 heavy (non-hydrogen) atoms. The van der Waals surface area contributed by atoms with Crippen LogP contribution in [0.3, 0.4) is 0 Å². The number of halogens is 1. The number of benzene rings is 1. The lowest BCUT2D eigenvalue weighted by atomic mass is 10.1. The van der Waals surface area contributed by atoms with Crippen molar-refractivity contribution in [3.8, 4) is 0 Å². The highest BCUT2D eigenvalue weighted by Crippen LogP contribution is 2.15. The number of likely N-dealkylation sites (N-methyl/N-ethyl adjacent to an activating group) is 1. The molecule has 1 heterocycles. The minimum Gasteiger partial charge on any atom is -0.468 e. The van der Waals surface area contributed by atoms with Crippen LogP contribution in [0.1, 0.15) is 10.4 Å². The molecule has 2 rings (SSSR count). The summed E-state index contributed by atoms with van der Waals surface area (Å²) >= 11 is 0. The van der Waals surface area contributed by atoms with E-state index in [1.165, 1.54) is 37.4 Å². The van der Waals surface area contributed by atoms with Crippen LogP contribution in [0.2, 0.25) is 0 Å². The monoisotopic (exact) mass is 276 g/mol. The van der Waals surface area contributed by atoms with Crippen LogP contribution in [-0.2, 0) is 9.53 Å². The highest BCUT2D eigenvalue weighted by molar-refractivity contribution is 5.98. The SMILES string of the molecule is COC(=O)CN(C)C(=O)c1cnc2cc(F)ccc2c1. The Morgan fingerprint density at radius 1 is 1.35 bits per heavy atom. The zero-order valence-electron chi connectivity index (χ0n) is 11.1. The maximum absolute atomic E-state index is 13.0. The van der Waals surface area contributed by atoms with Gasteiger partial charge in [-0.05, 0) is 18.2 Å². The summed E-state index contributed by atoms with van der Waals surface area (Å²) in [4.78, 5) is 28.5. The third-order valence-electron chi connectivity index (χ3n) is 2.83. The lowest BCUT2D eigenvalue weighted by Gasteiger charge is -2.15. The van der Waals surface area contributed by atoms with Crippen LogP contribution in [0.4, 0.5) is 4.39 Å². The molecule has 1 amide bonds. The highest BCUT2D eigenvalue weighted by atomic mass is 19.1. The summed E-state index contributed by atoms with van der Waals surface area (Å²) in [5, 5.41) is 0.656. The Morgan fingerprint density at radius 3 is 2.80 bits per heavy atom. The summed E-state index contributed by atoms with van der Waals surface area (Å²) in [5.74, 6) is -1.24. The van der Waals surface area contributed by atoms with Gasteiger partial charge in [0.25, 0.3) is 5.91 Å². The molecule has 0 spiro atoms. The van der Waals surface area contributed by atoms with Gasteiger partial charge in [-0.2, -0.15) is 0 Å². The van der Waals surface area contributed by atoms with E-state index in [1.807, 2.05) is 0 Å². The van der Waals surface area contributed by atoms with Crippen LogP contribution in [0, 0.1) is 5.82 Å². The van der Waals surface area contributed by atoms with Crippen LogP contribution in [0.15, 0.2) is 30.5 Å². The molecule has 0 radical (unpaired) electrons. The van der Waals surface area contributed by atoms with Gasteiger partial charge in [0.15, 0.2) is 0 Å². The molecule has 5 nitrogen and oxygen atoms in total. The van der Waals surface area contributed by atoms with Crippen molar-refractivity contribution in [1.29, 1.82) is 0 Å². The molecule has 104 valence electrons. The number of fused-ring (bicyclic) bond motifs is 1. The smallest absolute Gasteiger partial charge is 0.325 e. The molecular formula is C14H13FN2O3. The van der Waals surface area contributed by atoms with Crippen LogP contribution in [-0.4, -0.2) is 42.5 Å². The Kier molecular flexibility index (Phi) is 3.93. The molecule has 0 fully saturated rings. The highest BCUT2D eigenvalue weighted by Gasteiger charge is 2.16. The molecule has 2 aromatic rings. The predicted octanol–water partition coefficient (Wildman–Crippen LogP) is 1.62. The van der Waals surface area contributed by atoms with E-state index in [-0.39, 0.29) is 18.3 Å². The van der Waals surface area contributed by atoms with E-state index in [4.69, 9.17) is 0 Å². The summed E-state index contributed by atoms with van der Waals surface area (Å²) in [6.45, 7) is -0.142. The molecule has 0 aliphatic rings. The number of carbonyl (C=O) groups excluding carboxylic acids is 2. The Hall–Kier alpha value is -2.50. The van der Waals surface area contributed by atoms with Crippen LogP contribution in [0.5, 0.6) is 0 Å². The Morgan fingerprint density at radius 2 is 2.10 bits per heavy atom. The van der Waals surface area contributed by atoms with E-state index >= 15 is 0 Å². The molecule has 0 saturated heterocycles. The van der Waals surface area contributed by atoms with Crippen molar-refractivity contribution in [2.75, 3.05) is 20.7 Å². The molecule has 6 heteroatoms. The van der Waals surface area contributed by atoms with Gasteiger partial charge < -0.3 is 9.64 Å². The molecule has 0 bridgehead atoms. The van der Waals surface area contributed by atoms with E-state index in [0.29, 0.717) is 16.5 Å². The molecular weight excluding hydrogens is 263 g/mol. The Labute approximate surface area is 115 Å². The first-order valence-corrected chi connectivity index (χ1v) is 5.89. The number of aromatic nitrogens is 1. The summed E-state index contributed by atoms with van der Waals surface area (Å²) in [6.07, 6.45) is 1.36. The van der Waals surface area contributed by atoms with Crippen molar-refractivity contribution in [3.05, 3.63) is 41.8 Å². The van der Waals surface area contributed by atoms with E-state index in [0.717, 1.165) is 0 Å². The first-order chi connectivity index (χ1) is 9.51. The second kappa shape index (κ2) is 5.64. The molecule has 0 saturated carbocycles. The van der Waals surface area contributed by atoms with Gasteiger partial charge in [0.1, 0.15) is 12.4 Å². The molecule has 0 unspecified atom stereocenters. The average Bonchev–Trinajstić information content (AvgIpc) is 2.45. The minimum absolute atomic E-state index is 0.142. The number of pyridine rings is 1. The number of hydrogen-bond donors (Lipinski definition) is 0. The summed E-state index contributed by atoms with van der Waals surface area (Å²) in [5.41, 5.74) is 0.799. The first-order valence-electron chi connectivity index (χ1n) is 5.89. The number of rotatable bonds is 3. The van der Waals surface area contributed by atoms with Gasteiger partial charge in [0.2, 0.25) is 0 Å². The number of hydrogen-bond acceptors (Lipinski definition) is 4. The van der Waals surface area contributed by atoms with E-state index in [1.54, 1.807) is 12.1 Å². The van der Waals surface area contributed by atoms with Crippen LogP contribution < -0.4 is 0 Å². The van der Waals surface area contributed by atoms with Gasteiger partial charge in [-0.1, -0.05) is 0 Å². The largest absolute Gasteiger partial charge is 0.468 e. The summed E-state index contributed by atoms with van der Waals surface area (Å²) in [6, 6.07) is 5.75.